The first-order chi connectivity index (χ1) is 7.36. The number of allylic oxidation sites excluding steroid dienone is 1. The average Bonchev–Trinajstić information content (AvgIpc) is 2.31. The molecule has 0 bridgehead atoms. The maximum Gasteiger partial charge on any atom is 0.157 e. The summed E-state index contributed by atoms with van der Waals surface area (Å²) in [5, 5.41) is 1.86. The molecule has 0 radical (unpaired) electrons. The van der Waals surface area contributed by atoms with E-state index in [-0.39, 0.29) is 6.29 Å². The second-order valence-corrected chi connectivity index (χ2v) is 4.71. The fraction of sp³-hybridized carbons (Fsp3) is 0.818. The molecule has 1 rings (SSSR count). The van der Waals surface area contributed by atoms with Crippen LogP contribution < -0.4 is 0 Å². The standard InChI is InChI=1S/C11H18Br2O2/c12-8-10(9-13)4-3-7-15-11-5-1-2-6-14-11/h4,11H,1-3,5-9H2. The minimum Gasteiger partial charge on any atom is -0.353 e. The fourth-order valence-electron chi connectivity index (χ4n) is 1.45. The zero-order valence-corrected chi connectivity index (χ0v) is 12.1. The quantitative estimate of drug-likeness (QED) is 0.417. The summed E-state index contributed by atoms with van der Waals surface area (Å²) in [5.74, 6) is 0. The first-order valence-corrected chi connectivity index (χ1v) is 7.64. The van der Waals surface area contributed by atoms with Crippen LogP contribution in [0.1, 0.15) is 25.7 Å². The SMILES string of the molecule is BrCC(=CCCOC1CCCCO1)CBr. The molecule has 0 amide bonds. The third-order valence-electron chi connectivity index (χ3n) is 2.34. The molecule has 15 heavy (non-hydrogen) atoms. The minimum atomic E-state index is 0.0449. The van der Waals surface area contributed by atoms with Gasteiger partial charge in [-0.25, -0.2) is 0 Å². The highest BCUT2D eigenvalue weighted by Gasteiger charge is 2.12. The molecule has 1 unspecified atom stereocenters. The molecule has 1 aliphatic heterocycles. The van der Waals surface area contributed by atoms with E-state index >= 15 is 0 Å². The zero-order chi connectivity index (χ0) is 10.9. The van der Waals surface area contributed by atoms with Crippen LogP contribution in [0.4, 0.5) is 0 Å². The molecule has 0 spiro atoms. The van der Waals surface area contributed by atoms with Gasteiger partial charge in [0, 0.05) is 17.3 Å². The van der Waals surface area contributed by atoms with E-state index in [1.807, 2.05) is 0 Å². The van der Waals surface area contributed by atoms with Crippen LogP contribution >= 0.6 is 31.9 Å². The third-order valence-corrected chi connectivity index (χ3v) is 3.78. The lowest BCUT2D eigenvalue weighted by atomic mass is 10.2. The highest BCUT2D eigenvalue weighted by atomic mass is 79.9. The molecule has 0 saturated carbocycles. The van der Waals surface area contributed by atoms with Crippen molar-refractivity contribution in [3.8, 4) is 0 Å². The van der Waals surface area contributed by atoms with Gasteiger partial charge in [-0.2, -0.15) is 0 Å². The molecule has 0 aromatic heterocycles. The van der Waals surface area contributed by atoms with E-state index in [1.54, 1.807) is 0 Å². The summed E-state index contributed by atoms with van der Waals surface area (Å²) in [6.07, 6.45) is 6.68. The van der Waals surface area contributed by atoms with Crippen molar-refractivity contribution in [1.29, 1.82) is 0 Å². The molecular weight excluding hydrogens is 324 g/mol. The van der Waals surface area contributed by atoms with Gasteiger partial charge in [-0.15, -0.1) is 0 Å². The monoisotopic (exact) mass is 340 g/mol. The molecular formula is C11H18Br2O2. The summed E-state index contributed by atoms with van der Waals surface area (Å²) in [6.45, 7) is 1.61. The molecule has 88 valence electrons. The Hall–Kier alpha value is 0.620. The largest absolute Gasteiger partial charge is 0.353 e. The summed E-state index contributed by atoms with van der Waals surface area (Å²) in [4.78, 5) is 0. The van der Waals surface area contributed by atoms with Crippen molar-refractivity contribution in [1.82, 2.24) is 0 Å². The smallest absolute Gasteiger partial charge is 0.157 e. The lowest BCUT2D eigenvalue weighted by molar-refractivity contribution is -0.161. The molecule has 0 aliphatic carbocycles. The molecule has 1 atom stereocenters. The number of rotatable bonds is 6. The first kappa shape index (κ1) is 13.7. The molecule has 1 fully saturated rings. The van der Waals surface area contributed by atoms with Crippen molar-refractivity contribution in [3.05, 3.63) is 11.6 Å². The molecule has 1 saturated heterocycles. The van der Waals surface area contributed by atoms with Gasteiger partial charge in [0.2, 0.25) is 0 Å². The van der Waals surface area contributed by atoms with Gasteiger partial charge in [0.05, 0.1) is 6.61 Å². The van der Waals surface area contributed by atoms with Crippen LogP contribution in [0.3, 0.4) is 0 Å². The topological polar surface area (TPSA) is 18.5 Å². The van der Waals surface area contributed by atoms with E-state index in [2.05, 4.69) is 37.9 Å². The lowest BCUT2D eigenvalue weighted by Gasteiger charge is -2.22. The van der Waals surface area contributed by atoms with Gasteiger partial charge < -0.3 is 9.47 Å². The van der Waals surface area contributed by atoms with Crippen LogP contribution in [0.5, 0.6) is 0 Å². The van der Waals surface area contributed by atoms with E-state index in [9.17, 15) is 0 Å². The predicted molar refractivity (Wildman–Crippen MR) is 69.8 cm³/mol. The highest BCUT2D eigenvalue weighted by Crippen LogP contribution is 2.14. The first-order valence-electron chi connectivity index (χ1n) is 5.40. The van der Waals surface area contributed by atoms with Gasteiger partial charge in [0.25, 0.3) is 0 Å². The van der Waals surface area contributed by atoms with Crippen LogP contribution in [0.2, 0.25) is 0 Å². The molecule has 0 aromatic rings. The van der Waals surface area contributed by atoms with Crippen LogP contribution in [-0.4, -0.2) is 30.2 Å². The molecule has 2 nitrogen and oxygen atoms in total. The van der Waals surface area contributed by atoms with Gasteiger partial charge in [-0.05, 0) is 25.7 Å². The van der Waals surface area contributed by atoms with Crippen molar-refractivity contribution >= 4 is 31.9 Å². The van der Waals surface area contributed by atoms with Gasteiger partial charge in [0.1, 0.15) is 0 Å². The maximum absolute atomic E-state index is 5.62. The average molecular weight is 342 g/mol. The summed E-state index contributed by atoms with van der Waals surface area (Å²) < 4.78 is 11.1. The molecule has 1 aliphatic rings. The van der Waals surface area contributed by atoms with Crippen molar-refractivity contribution in [2.45, 2.75) is 32.0 Å². The Labute approximate surface area is 109 Å². The summed E-state index contributed by atoms with van der Waals surface area (Å²) in [6, 6.07) is 0. The Morgan fingerprint density at radius 3 is 2.73 bits per heavy atom. The Morgan fingerprint density at radius 2 is 2.13 bits per heavy atom. The molecule has 0 aromatic carbocycles. The van der Waals surface area contributed by atoms with Crippen LogP contribution in [0.15, 0.2) is 11.6 Å². The number of halogens is 2. The number of hydrogen-bond acceptors (Lipinski definition) is 2. The third kappa shape index (κ3) is 6.05. The van der Waals surface area contributed by atoms with Crippen LogP contribution in [-0.2, 0) is 9.47 Å². The normalized spacial score (nSPS) is 21.3. The van der Waals surface area contributed by atoms with E-state index < -0.39 is 0 Å². The van der Waals surface area contributed by atoms with Gasteiger partial charge in [-0.3, -0.25) is 0 Å². The van der Waals surface area contributed by atoms with E-state index in [4.69, 9.17) is 9.47 Å². The van der Waals surface area contributed by atoms with E-state index in [0.29, 0.717) is 0 Å². The summed E-state index contributed by atoms with van der Waals surface area (Å²) in [5.41, 5.74) is 1.36. The van der Waals surface area contributed by atoms with Crippen molar-refractivity contribution in [2.24, 2.45) is 0 Å². The zero-order valence-electron chi connectivity index (χ0n) is 8.88. The Morgan fingerprint density at radius 1 is 1.33 bits per heavy atom. The lowest BCUT2D eigenvalue weighted by Crippen LogP contribution is -2.22. The van der Waals surface area contributed by atoms with E-state index in [0.717, 1.165) is 36.7 Å². The Kier molecular flexibility index (Phi) is 7.97. The van der Waals surface area contributed by atoms with Gasteiger partial charge >= 0.3 is 0 Å². The second kappa shape index (κ2) is 8.74. The van der Waals surface area contributed by atoms with Gasteiger partial charge in [-0.1, -0.05) is 43.5 Å². The number of ether oxygens (including phenoxy) is 2. The molecule has 0 N–H and O–H groups in total. The number of hydrogen-bond donors (Lipinski definition) is 0. The molecule has 4 heteroatoms. The van der Waals surface area contributed by atoms with Crippen molar-refractivity contribution < 1.29 is 9.47 Å². The number of alkyl halides is 2. The minimum absolute atomic E-state index is 0.0449. The second-order valence-electron chi connectivity index (χ2n) is 3.59. The van der Waals surface area contributed by atoms with Gasteiger partial charge in [0.15, 0.2) is 6.29 Å². The van der Waals surface area contributed by atoms with Crippen LogP contribution in [0, 0.1) is 0 Å². The molecule has 1 heterocycles. The van der Waals surface area contributed by atoms with Crippen LogP contribution in [0.25, 0.3) is 0 Å². The van der Waals surface area contributed by atoms with Crippen molar-refractivity contribution in [2.75, 3.05) is 23.9 Å². The predicted octanol–water partition coefficient (Wildman–Crippen LogP) is 3.64. The van der Waals surface area contributed by atoms with Crippen molar-refractivity contribution in [3.63, 3.8) is 0 Å². The fourth-order valence-corrected chi connectivity index (χ4v) is 2.84. The maximum atomic E-state index is 5.62. The Bertz CT molecular complexity index is 183. The van der Waals surface area contributed by atoms with E-state index in [1.165, 1.54) is 18.4 Å². The highest BCUT2D eigenvalue weighted by molar-refractivity contribution is 9.10. The summed E-state index contributed by atoms with van der Waals surface area (Å²) in [7, 11) is 0. The Balaban J connectivity index is 2.07. The summed E-state index contributed by atoms with van der Waals surface area (Å²) >= 11 is 6.88.